The van der Waals surface area contributed by atoms with Gasteiger partial charge in [0.25, 0.3) is 0 Å². The lowest BCUT2D eigenvalue weighted by atomic mass is 9.98. The fourth-order valence-corrected chi connectivity index (χ4v) is 1.53. The normalized spacial score (nSPS) is 17.1. The third-order valence-corrected chi connectivity index (χ3v) is 2.65. The van der Waals surface area contributed by atoms with Crippen LogP contribution in [0.15, 0.2) is 18.3 Å². The van der Waals surface area contributed by atoms with Crippen LogP contribution in [0.3, 0.4) is 0 Å². The number of hydrogen-bond acceptors (Lipinski definition) is 4. The molecule has 1 aliphatic rings. The Balaban J connectivity index is 2.32. The van der Waals surface area contributed by atoms with Gasteiger partial charge in [-0.2, -0.15) is 0 Å². The summed E-state index contributed by atoms with van der Waals surface area (Å²) in [7, 11) is 0. The van der Waals surface area contributed by atoms with Crippen LogP contribution in [-0.4, -0.2) is 21.0 Å². The molecular weight excluding hydrogens is 200 g/mol. The number of pyridine rings is 1. The minimum absolute atomic E-state index is 0.264. The van der Waals surface area contributed by atoms with Gasteiger partial charge >= 0.3 is 11.8 Å². The molecular formula is C9H8N2O4. The average molecular weight is 208 g/mol. The second-order valence-corrected chi connectivity index (χ2v) is 3.55. The molecule has 0 unspecified atom stereocenters. The largest absolute Gasteiger partial charge is 0.481 e. The van der Waals surface area contributed by atoms with Gasteiger partial charge < -0.3 is 15.2 Å². The van der Waals surface area contributed by atoms with Crippen LogP contribution in [0.1, 0.15) is 18.4 Å². The molecule has 15 heavy (non-hydrogen) atoms. The van der Waals surface area contributed by atoms with Gasteiger partial charge in [0.1, 0.15) is 6.20 Å². The van der Waals surface area contributed by atoms with E-state index in [0.717, 1.165) is 0 Å². The number of aromatic nitrogens is 1. The minimum atomic E-state index is -0.891. The van der Waals surface area contributed by atoms with E-state index < -0.39 is 16.3 Å². The molecule has 0 saturated heterocycles. The Morgan fingerprint density at radius 2 is 2.20 bits per heavy atom. The van der Waals surface area contributed by atoms with E-state index in [4.69, 9.17) is 5.11 Å². The molecule has 0 amide bonds. The Kier molecular flexibility index (Phi) is 1.92. The van der Waals surface area contributed by atoms with Gasteiger partial charge in [-0.15, -0.1) is 0 Å². The van der Waals surface area contributed by atoms with Crippen molar-refractivity contribution in [1.29, 1.82) is 0 Å². The van der Waals surface area contributed by atoms with E-state index in [9.17, 15) is 14.9 Å². The lowest BCUT2D eigenvalue weighted by molar-refractivity contribution is -0.389. The molecule has 0 aromatic carbocycles. The number of carboxylic acid groups (broad SMARTS) is 1. The molecule has 1 N–H and O–H groups in total. The Morgan fingerprint density at radius 3 is 2.53 bits per heavy atom. The molecule has 6 nitrogen and oxygen atoms in total. The molecule has 1 heterocycles. The van der Waals surface area contributed by atoms with Gasteiger partial charge in [0.05, 0.1) is 5.41 Å². The van der Waals surface area contributed by atoms with Crippen LogP contribution in [0.5, 0.6) is 0 Å². The summed E-state index contributed by atoms with van der Waals surface area (Å²) in [6, 6.07) is 2.70. The summed E-state index contributed by atoms with van der Waals surface area (Å²) < 4.78 is 0. The molecule has 1 saturated carbocycles. The first-order chi connectivity index (χ1) is 7.06. The predicted molar refractivity (Wildman–Crippen MR) is 49.4 cm³/mol. The second-order valence-electron chi connectivity index (χ2n) is 3.55. The van der Waals surface area contributed by atoms with E-state index in [1.165, 1.54) is 18.3 Å². The van der Waals surface area contributed by atoms with Gasteiger partial charge in [-0.1, -0.05) is 0 Å². The van der Waals surface area contributed by atoms with Gasteiger partial charge in [-0.05, 0) is 28.8 Å². The molecule has 1 fully saturated rings. The van der Waals surface area contributed by atoms with Crippen LogP contribution < -0.4 is 0 Å². The van der Waals surface area contributed by atoms with E-state index in [0.29, 0.717) is 18.4 Å². The zero-order chi connectivity index (χ0) is 11.1. The molecule has 0 bridgehead atoms. The second kappa shape index (κ2) is 3.01. The Hall–Kier alpha value is -1.98. The summed E-state index contributed by atoms with van der Waals surface area (Å²) in [5, 5.41) is 19.3. The summed E-state index contributed by atoms with van der Waals surface area (Å²) in [6.07, 6.45) is 2.42. The summed E-state index contributed by atoms with van der Waals surface area (Å²) in [6.45, 7) is 0. The molecule has 1 aromatic rings. The summed E-state index contributed by atoms with van der Waals surface area (Å²) in [5.74, 6) is -1.15. The van der Waals surface area contributed by atoms with Crippen LogP contribution in [0.4, 0.5) is 5.82 Å². The number of carboxylic acids is 1. The highest BCUT2D eigenvalue weighted by atomic mass is 16.6. The fraction of sp³-hybridized carbons (Fsp3) is 0.333. The first-order valence-corrected chi connectivity index (χ1v) is 4.40. The zero-order valence-electron chi connectivity index (χ0n) is 7.71. The van der Waals surface area contributed by atoms with Crippen molar-refractivity contribution in [2.24, 2.45) is 0 Å². The number of nitro groups is 1. The minimum Gasteiger partial charge on any atom is -0.481 e. The molecule has 0 radical (unpaired) electrons. The fourth-order valence-electron chi connectivity index (χ4n) is 1.53. The molecule has 2 rings (SSSR count). The topological polar surface area (TPSA) is 93.3 Å². The predicted octanol–water partition coefficient (Wildman–Crippen LogP) is 1.11. The highest BCUT2D eigenvalue weighted by molar-refractivity contribution is 5.84. The summed E-state index contributed by atoms with van der Waals surface area (Å²) >= 11 is 0. The van der Waals surface area contributed by atoms with Crippen LogP contribution in [0.25, 0.3) is 0 Å². The van der Waals surface area contributed by atoms with Crippen molar-refractivity contribution in [3.63, 3.8) is 0 Å². The lowest BCUT2D eigenvalue weighted by Gasteiger charge is -2.06. The Bertz CT molecular complexity index is 422. The van der Waals surface area contributed by atoms with Crippen molar-refractivity contribution in [3.05, 3.63) is 34.0 Å². The lowest BCUT2D eigenvalue weighted by Crippen LogP contribution is -2.19. The van der Waals surface area contributed by atoms with E-state index >= 15 is 0 Å². The van der Waals surface area contributed by atoms with E-state index in [2.05, 4.69) is 4.98 Å². The SMILES string of the molecule is O=C(O)C1(c2ccc([N+](=O)[O-])nc2)CC1. The van der Waals surface area contributed by atoms with Gasteiger partial charge in [-0.3, -0.25) is 4.79 Å². The van der Waals surface area contributed by atoms with Gasteiger partial charge in [0.15, 0.2) is 0 Å². The number of hydrogen-bond donors (Lipinski definition) is 1. The molecule has 1 aliphatic carbocycles. The highest BCUT2D eigenvalue weighted by Gasteiger charge is 2.52. The van der Waals surface area contributed by atoms with E-state index in [-0.39, 0.29) is 5.82 Å². The molecule has 6 heteroatoms. The van der Waals surface area contributed by atoms with E-state index in [1.807, 2.05) is 0 Å². The quantitative estimate of drug-likeness (QED) is 0.593. The van der Waals surface area contributed by atoms with Crippen molar-refractivity contribution in [3.8, 4) is 0 Å². The molecule has 0 spiro atoms. The van der Waals surface area contributed by atoms with Crippen molar-refractivity contribution in [2.75, 3.05) is 0 Å². The van der Waals surface area contributed by atoms with Crippen LogP contribution in [0, 0.1) is 10.1 Å². The molecule has 78 valence electrons. The van der Waals surface area contributed by atoms with Gasteiger partial charge in [0, 0.05) is 11.6 Å². The number of nitrogens with zero attached hydrogens (tertiary/aromatic N) is 2. The van der Waals surface area contributed by atoms with Crippen LogP contribution >= 0.6 is 0 Å². The standard InChI is InChI=1S/C9H8N2O4/c12-8(13)9(3-4-9)6-1-2-7(10-5-6)11(14)15/h1-2,5H,3-4H2,(H,12,13). The summed E-state index contributed by atoms with van der Waals surface area (Å²) in [4.78, 5) is 24.3. The molecule has 1 aromatic heterocycles. The first kappa shape index (κ1) is 9.57. The zero-order valence-corrected chi connectivity index (χ0v) is 7.71. The number of aliphatic carboxylic acids is 1. The third-order valence-electron chi connectivity index (χ3n) is 2.65. The highest BCUT2D eigenvalue weighted by Crippen LogP contribution is 2.48. The Morgan fingerprint density at radius 1 is 1.53 bits per heavy atom. The van der Waals surface area contributed by atoms with Crippen LogP contribution in [0.2, 0.25) is 0 Å². The maximum absolute atomic E-state index is 10.9. The first-order valence-electron chi connectivity index (χ1n) is 4.40. The Labute approximate surface area is 84.7 Å². The molecule has 0 atom stereocenters. The average Bonchev–Trinajstić information content (AvgIpc) is 2.98. The summed E-state index contributed by atoms with van der Waals surface area (Å²) in [5.41, 5.74) is -0.303. The maximum Gasteiger partial charge on any atom is 0.363 e. The van der Waals surface area contributed by atoms with E-state index in [1.54, 1.807) is 0 Å². The van der Waals surface area contributed by atoms with Crippen LogP contribution in [-0.2, 0) is 10.2 Å². The number of rotatable bonds is 3. The smallest absolute Gasteiger partial charge is 0.363 e. The van der Waals surface area contributed by atoms with Crippen molar-refractivity contribution in [1.82, 2.24) is 4.98 Å². The van der Waals surface area contributed by atoms with Crippen molar-refractivity contribution < 1.29 is 14.8 Å². The third kappa shape index (κ3) is 1.43. The molecule has 0 aliphatic heterocycles. The van der Waals surface area contributed by atoms with Crippen molar-refractivity contribution in [2.45, 2.75) is 18.3 Å². The van der Waals surface area contributed by atoms with Gasteiger partial charge in [-0.25, -0.2) is 0 Å². The van der Waals surface area contributed by atoms with Crippen molar-refractivity contribution >= 4 is 11.8 Å². The maximum atomic E-state index is 10.9. The number of carbonyl (C=O) groups is 1. The van der Waals surface area contributed by atoms with Gasteiger partial charge in [0.2, 0.25) is 0 Å². The monoisotopic (exact) mass is 208 g/mol.